The number of H-pyrrole nitrogens is 1. The molecule has 2 heterocycles. The van der Waals surface area contributed by atoms with Gasteiger partial charge >= 0.3 is 0 Å². The third-order valence-electron chi connectivity index (χ3n) is 2.99. The Labute approximate surface area is 120 Å². The van der Waals surface area contributed by atoms with E-state index in [-0.39, 0.29) is 10.7 Å². The largest absolute Gasteiger partial charge is 0.263 e. The summed E-state index contributed by atoms with van der Waals surface area (Å²) in [7, 11) is -3.85. The smallest absolute Gasteiger partial charge is 0.261 e. The van der Waals surface area contributed by atoms with Crippen molar-refractivity contribution in [3.8, 4) is 0 Å². The molecule has 0 amide bonds. The van der Waals surface area contributed by atoms with Gasteiger partial charge in [0.15, 0.2) is 11.5 Å². The third kappa shape index (κ3) is 2.45. The Balaban J connectivity index is 2.03. The van der Waals surface area contributed by atoms with E-state index in [1.807, 2.05) is 0 Å². The molecule has 0 saturated carbocycles. The van der Waals surface area contributed by atoms with Crippen LogP contribution >= 0.6 is 0 Å². The molecule has 1 aromatic carbocycles. The molecule has 6 nitrogen and oxygen atoms in total. The minimum Gasteiger partial charge on any atom is -0.261 e. The summed E-state index contributed by atoms with van der Waals surface area (Å²) < 4.78 is 40.2. The highest BCUT2D eigenvalue weighted by Gasteiger charge is 2.20. The van der Waals surface area contributed by atoms with Gasteiger partial charge in [0.2, 0.25) is 0 Å². The van der Waals surface area contributed by atoms with Gasteiger partial charge in [0, 0.05) is 6.20 Å². The van der Waals surface area contributed by atoms with Gasteiger partial charge in [-0.1, -0.05) is 0 Å². The summed E-state index contributed by atoms with van der Waals surface area (Å²) in [5.74, 6) is -0.331. The second kappa shape index (κ2) is 4.81. The molecule has 0 radical (unpaired) electrons. The van der Waals surface area contributed by atoms with Gasteiger partial charge in [-0.2, -0.15) is 5.10 Å². The Kier molecular flexibility index (Phi) is 3.09. The van der Waals surface area contributed by atoms with Crippen LogP contribution in [0, 0.1) is 12.7 Å². The lowest BCUT2D eigenvalue weighted by atomic mass is 10.2. The molecule has 0 atom stereocenters. The normalized spacial score (nSPS) is 11.7. The van der Waals surface area contributed by atoms with E-state index >= 15 is 0 Å². The van der Waals surface area contributed by atoms with Crippen LogP contribution < -0.4 is 4.72 Å². The van der Waals surface area contributed by atoms with Crippen LogP contribution in [0.3, 0.4) is 0 Å². The molecule has 2 aromatic heterocycles. The molecular weight excluding hydrogens is 295 g/mol. The van der Waals surface area contributed by atoms with E-state index in [9.17, 15) is 12.8 Å². The van der Waals surface area contributed by atoms with Gasteiger partial charge in [0.05, 0.1) is 10.3 Å². The number of anilines is 1. The summed E-state index contributed by atoms with van der Waals surface area (Å²) in [5.41, 5.74) is 0.798. The first kappa shape index (κ1) is 13.5. The van der Waals surface area contributed by atoms with Crippen molar-refractivity contribution in [2.24, 2.45) is 0 Å². The summed E-state index contributed by atoms with van der Waals surface area (Å²) in [6.07, 6.45) is 1.57. The molecule has 0 aliphatic heterocycles. The molecule has 0 unspecified atom stereocenters. The number of aryl methyl sites for hydroxylation is 1. The van der Waals surface area contributed by atoms with Crippen molar-refractivity contribution in [2.75, 3.05) is 4.72 Å². The van der Waals surface area contributed by atoms with Crippen molar-refractivity contribution >= 4 is 26.9 Å². The monoisotopic (exact) mass is 306 g/mol. The van der Waals surface area contributed by atoms with E-state index in [2.05, 4.69) is 19.9 Å². The lowest BCUT2D eigenvalue weighted by Gasteiger charge is -2.08. The van der Waals surface area contributed by atoms with Gasteiger partial charge in [-0.15, -0.1) is 0 Å². The number of aromatic amines is 1. The number of rotatable bonds is 3. The maximum absolute atomic E-state index is 13.1. The van der Waals surface area contributed by atoms with Crippen LogP contribution in [0.15, 0.2) is 41.4 Å². The molecule has 8 heteroatoms. The zero-order chi connectivity index (χ0) is 15.0. The Bertz CT molecular complexity index is 921. The third-order valence-corrected chi connectivity index (χ3v) is 4.49. The van der Waals surface area contributed by atoms with Crippen LogP contribution in [0.25, 0.3) is 11.0 Å². The number of halogens is 1. The molecule has 2 N–H and O–H groups in total. The number of aromatic nitrogens is 3. The number of pyridine rings is 1. The minimum absolute atomic E-state index is 0.00365. The first-order valence-corrected chi connectivity index (χ1v) is 7.54. The van der Waals surface area contributed by atoms with E-state index < -0.39 is 15.8 Å². The molecule has 21 heavy (non-hydrogen) atoms. The molecule has 0 fully saturated rings. The SMILES string of the molecule is Cc1cc(F)ccc1S(=O)(=O)Nc1n[nH]c2ncccc12. The first-order chi connectivity index (χ1) is 9.97. The van der Waals surface area contributed by atoms with Crippen LogP contribution in [0.5, 0.6) is 0 Å². The molecule has 108 valence electrons. The summed E-state index contributed by atoms with van der Waals surface area (Å²) in [5, 5.41) is 7.10. The predicted octanol–water partition coefficient (Wildman–Crippen LogP) is 2.21. The molecule has 3 rings (SSSR count). The number of benzene rings is 1. The maximum atomic E-state index is 13.1. The van der Waals surface area contributed by atoms with E-state index in [0.717, 1.165) is 6.07 Å². The Morgan fingerprint density at radius 3 is 2.86 bits per heavy atom. The van der Waals surface area contributed by atoms with Gasteiger partial charge in [0.1, 0.15) is 5.82 Å². The Hall–Kier alpha value is -2.48. The van der Waals surface area contributed by atoms with Crippen LogP contribution in [0.2, 0.25) is 0 Å². The van der Waals surface area contributed by atoms with Crippen molar-refractivity contribution in [1.82, 2.24) is 15.2 Å². The van der Waals surface area contributed by atoms with Gasteiger partial charge < -0.3 is 0 Å². The molecule has 0 bridgehead atoms. The number of hydrogen-bond acceptors (Lipinski definition) is 4. The lowest BCUT2D eigenvalue weighted by molar-refractivity contribution is 0.598. The zero-order valence-electron chi connectivity index (χ0n) is 11.0. The first-order valence-electron chi connectivity index (χ1n) is 6.05. The van der Waals surface area contributed by atoms with Crippen molar-refractivity contribution in [2.45, 2.75) is 11.8 Å². The van der Waals surface area contributed by atoms with E-state index in [1.165, 1.54) is 19.1 Å². The second-order valence-electron chi connectivity index (χ2n) is 4.49. The summed E-state index contributed by atoms with van der Waals surface area (Å²) in [6.45, 7) is 1.53. The fraction of sp³-hybridized carbons (Fsp3) is 0.0769. The summed E-state index contributed by atoms with van der Waals surface area (Å²) in [4.78, 5) is 4.03. The molecule has 0 aliphatic rings. The predicted molar refractivity (Wildman–Crippen MR) is 75.8 cm³/mol. The minimum atomic E-state index is -3.85. The Morgan fingerprint density at radius 1 is 1.29 bits per heavy atom. The standard InChI is InChI=1S/C13H11FN4O2S/c1-8-7-9(14)4-5-11(8)21(19,20)18-13-10-3-2-6-15-12(10)16-17-13/h2-7H,1H3,(H2,15,16,17,18). The van der Waals surface area contributed by atoms with Crippen LogP contribution in [-0.2, 0) is 10.0 Å². The fourth-order valence-electron chi connectivity index (χ4n) is 2.03. The van der Waals surface area contributed by atoms with Gasteiger partial charge in [-0.25, -0.2) is 17.8 Å². The number of sulfonamides is 1. The highest BCUT2D eigenvalue weighted by atomic mass is 32.2. The fourth-order valence-corrected chi connectivity index (χ4v) is 3.28. The average molecular weight is 306 g/mol. The van der Waals surface area contributed by atoms with Crippen LogP contribution in [0.4, 0.5) is 10.2 Å². The Morgan fingerprint density at radius 2 is 2.10 bits per heavy atom. The van der Waals surface area contributed by atoms with Crippen molar-refractivity contribution in [3.05, 3.63) is 47.9 Å². The number of fused-ring (bicyclic) bond motifs is 1. The second-order valence-corrected chi connectivity index (χ2v) is 6.14. The zero-order valence-corrected chi connectivity index (χ0v) is 11.8. The molecule has 0 saturated heterocycles. The van der Waals surface area contributed by atoms with E-state index in [0.29, 0.717) is 16.6 Å². The van der Waals surface area contributed by atoms with Crippen molar-refractivity contribution < 1.29 is 12.8 Å². The number of nitrogens with one attached hydrogen (secondary N) is 2. The van der Waals surface area contributed by atoms with Gasteiger partial charge in [-0.05, 0) is 42.8 Å². The molecule has 0 aliphatic carbocycles. The van der Waals surface area contributed by atoms with Crippen molar-refractivity contribution in [3.63, 3.8) is 0 Å². The van der Waals surface area contributed by atoms with Crippen molar-refractivity contribution in [1.29, 1.82) is 0 Å². The number of hydrogen-bond donors (Lipinski definition) is 2. The summed E-state index contributed by atoms with van der Waals surface area (Å²) in [6, 6.07) is 6.87. The molecular formula is C13H11FN4O2S. The van der Waals surface area contributed by atoms with Crippen LogP contribution in [-0.4, -0.2) is 23.6 Å². The van der Waals surface area contributed by atoms with E-state index in [1.54, 1.807) is 18.3 Å². The highest BCUT2D eigenvalue weighted by molar-refractivity contribution is 7.92. The average Bonchev–Trinajstić information content (AvgIpc) is 2.81. The maximum Gasteiger partial charge on any atom is 0.263 e. The lowest BCUT2D eigenvalue weighted by Crippen LogP contribution is -2.14. The molecule has 0 spiro atoms. The van der Waals surface area contributed by atoms with Gasteiger partial charge in [-0.3, -0.25) is 9.82 Å². The van der Waals surface area contributed by atoms with Crippen LogP contribution in [0.1, 0.15) is 5.56 Å². The quantitative estimate of drug-likeness (QED) is 0.776. The van der Waals surface area contributed by atoms with E-state index in [4.69, 9.17) is 0 Å². The number of nitrogens with zero attached hydrogens (tertiary/aromatic N) is 2. The topological polar surface area (TPSA) is 87.7 Å². The summed E-state index contributed by atoms with van der Waals surface area (Å²) >= 11 is 0. The molecule has 3 aromatic rings. The highest BCUT2D eigenvalue weighted by Crippen LogP contribution is 2.23. The van der Waals surface area contributed by atoms with Gasteiger partial charge in [0.25, 0.3) is 10.0 Å².